The van der Waals surface area contributed by atoms with Crippen molar-refractivity contribution in [3.63, 3.8) is 0 Å². The quantitative estimate of drug-likeness (QED) is 0.545. The van der Waals surface area contributed by atoms with Crippen molar-refractivity contribution < 1.29 is 14.3 Å². The summed E-state index contributed by atoms with van der Waals surface area (Å²) in [6.07, 6.45) is 1.28. The lowest BCUT2D eigenvalue weighted by Crippen LogP contribution is -2.34. The molecule has 1 aliphatic carbocycles. The second kappa shape index (κ2) is 6.23. The molecule has 100 valence electrons. The molecule has 1 N–H and O–H groups in total. The Labute approximate surface area is 112 Å². The molecule has 1 atom stereocenters. The Morgan fingerprint density at radius 3 is 2.53 bits per heavy atom. The normalized spacial score (nSPS) is 25.6. The Hall–Kier alpha value is -0.0300. The molecule has 0 aromatic heterocycles. The summed E-state index contributed by atoms with van der Waals surface area (Å²) in [5.41, 5.74) is -0.632. The van der Waals surface area contributed by atoms with Crippen molar-refractivity contribution in [3.8, 4) is 0 Å². The summed E-state index contributed by atoms with van der Waals surface area (Å²) >= 11 is 11.8. The molecule has 1 rings (SSSR count). The van der Waals surface area contributed by atoms with Crippen molar-refractivity contribution in [3.05, 3.63) is 0 Å². The van der Waals surface area contributed by atoms with E-state index in [1.165, 1.54) is 0 Å². The summed E-state index contributed by atoms with van der Waals surface area (Å²) in [7, 11) is 1.63. The predicted octanol–water partition coefficient (Wildman–Crippen LogP) is 1.74. The van der Waals surface area contributed by atoms with Crippen molar-refractivity contribution in [1.29, 1.82) is 0 Å². The van der Waals surface area contributed by atoms with Gasteiger partial charge in [-0.15, -0.1) is 23.2 Å². The molecule has 0 aromatic carbocycles. The third-order valence-electron chi connectivity index (χ3n) is 2.94. The minimum Gasteiger partial charge on any atom is -0.382 e. The van der Waals surface area contributed by atoms with Crippen molar-refractivity contribution in [1.82, 2.24) is 5.32 Å². The Morgan fingerprint density at radius 1 is 1.35 bits per heavy atom. The number of carbonyl (C=O) groups excluding carboxylic acids is 1. The lowest BCUT2D eigenvalue weighted by molar-refractivity contribution is -0.125. The molecule has 1 aliphatic rings. The lowest BCUT2D eigenvalue weighted by Gasteiger charge is -2.12. The minimum absolute atomic E-state index is 0.0839. The highest BCUT2D eigenvalue weighted by atomic mass is 35.5. The van der Waals surface area contributed by atoms with Crippen LogP contribution >= 0.6 is 23.2 Å². The van der Waals surface area contributed by atoms with Gasteiger partial charge in [-0.1, -0.05) is 0 Å². The van der Waals surface area contributed by atoms with Gasteiger partial charge in [-0.2, -0.15) is 0 Å². The molecule has 0 heterocycles. The maximum Gasteiger partial charge on any atom is 0.229 e. The highest BCUT2D eigenvalue weighted by molar-refractivity contribution is 6.53. The first-order valence-corrected chi connectivity index (χ1v) is 6.42. The van der Waals surface area contributed by atoms with Gasteiger partial charge in [0.05, 0.1) is 18.6 Å². The van der Waals surface area contributed by atoms with E-state index in [4.69, 9.17) is 32.7 Å². The standard InChI is InChI=1S/C11H19Cl2NO3/c1-10(8-11(10,12)13)9(15)14-4-3-5-17-7-6-16-2/h3-8H2,1-2H3,(H,14,15). The average molecular weight is 284 g/mol. The molecule has 6 heteroatoms. The fraction of sp³-hybridized carbons (Fsp3) is 0.909. The Morgan fingerprint density at radius 2 is 2.00 bits per heavy atom. The fourth-order valence-corrected chi connectivity index (χ4v) is 2.17. The van der Waals surface area contributed by atoms with Crippen LogP contribution in [-0.2, 0) is 14.3 Å². The van der Waals surface area contributed by atoms with Gasteiger partial charge in [-0.3, -0.25) is 4.79 Å². The molecule has 0 saturated heterocycles. The van der Waals surface area contributed by atoms with Crippen LogP contribution in [-0.4, -0.2) is 43.7 Å². The maximum atomic E-state index is 11.7. The van der Waals surface area contributed by atoms with E-state index >= 15 is 0 Å². The predicted molar refractivity (Wildman–Crippen MR) is 67.5 cm³/mol. The second-order valence-electron chi connectivity index (χ2n) is 4.43. The first-order chi connectivity index (χ1) is 7.94. The van der Waals surface area contributed by atoms with E-state index in [1.54, 1.807) is 14.0 Å². The van der Waals surface area contributed by atoms with Gasteiger partial charge in [0.2, 0.25) is 5.91 Å². The highest BCUT2D eigenvalue weighted by Crippen LogP contribution is 2.63. The zero-order chi connectivity index (χ0) is 12.9. The Bertz CT molecular complexity index is 273. The monoisotopic (exact) mass is 283 g/mol. The van der Waals surface area contributed by atoms with Gasteiger partial charge >= 0.3 is 0 Å². The van der Waals surface area contributed by atoms with E-state index in [0.717, 1.165) is 6.42 Å². The molecule has 1 amide bonds. The number of nitrogens with one attached hydrogen (secondary N) is 1. The molecule has 17 heavy (non-hydrogen) atoms. The minimum atomic E-state index is -0.897. The summed E-state index contributed by atoms with van der Waals surface area (Å²) in [4.78, 5) is 11.7. The second-order valence-corrected chi connectivity index (χ2v) is 5.91. The summed E-state index contributed by atoms with van der Waals surface area (Å²) in [6.45, 7) is 4.12. The van der Waals surface area contributed by atoms with Crippen LogP contribution in [0.2, 0.25) is 0 Å². The van der Waals surface area contributed by atoms with Gasteiger partial charge in [-0.05, 0) is 19.8 Å². The topological polar surface area (TPSA) is 47.6 Å². The lowest BCUT2D eigenvalue weighted by atomic mass is 10.1. The summed E-state index contributed by atoms with van der Waals surface area (Å²) in [6, 6.07) is 0. The van der Waals surface area contributed by atoms with Crippen molar-refractivity contribution in [2.45, 2.75) is 24.1 Å². The molecule has 1 unspecified atom stereocenters. The van der Waals surface area contributed by atoms with Gasteiger partial charge in [0.1, 0.15) is 4.33 Å². The molecule has 1 saturated carbocycles. The number of hydrogen-bond donors (Lipinski definition) is 1. The van der Waals surface area contributed by atoms with Gasteiger partial charge in [0.25, 0.3) is 0 Å². The molecule has 0 spiro atoms. The molecular weight excluding hydrogens is 265 g/mol. The first-order valence-electron chi connectivity index (χ1n) is 5.67. The van der Waals surface area contributed by atoms with Crippen LogP contribution in [0.3, 0.4) is 0 Å². The molecule has 0 bridgehead atoms. The molecule has 4 nitrogen and oxygen atoms in total. The molecule has 0 aromatic rings. The zero-order valence-corrected chi connectivity index (χ0v) is 11.7. The fourth-order valence-electron chi connectivity index (χ4n) is 1.46. The van der Waals surface area contributed by atoms with E-state index in [1.807, 2.05) is 0 Å². The average Bonchev–Trinajstić information content (AvgIpc) is 2.78. The summed E-state index contributed by atoms with van der Waals surface area (Å²) in [5.74, 6) is -0.0839. The number of ether oxygens (including phenoxy) is 2. The van der Waals surface area contributed by atoms with E-state index in [-0.39, 0.29) is 5.91 Å². The maximum absolute atomic E-state index is 11.7. The largest absolute Gasteiger partial charge is 0.382 e. The first kappa shape index (κ1) is 15.0. The third-order valence-corrected chi connectivity index (χ3v) is 4.04. The van der Waals surface area contributed by atoms with Crippen LogP contribution < -0.4 is 5.32 Å². The van der Waals surface area contributed by atoms with E-state index < -0.39 is 9.75 Å². The van der Waals surface area contributed by atoms with Gasteiger partial charge in [-0.25, -0.2) is 0 Å². The third kappa shape index (κ3) is 3.98. The van der Waals surface area contributed by atoms with Crippen molar-refractivity contribution in [2.24, 2.45) is 5.41 Å². The van der Waals surface area contributed by atoms with Gasteiger partial charge in [0.15, 0.2) is 0 Å². The highest BCUT2D eigenvalue weighted by Gasteiger charge is 2.67. The zero-order valence-electron chi connectivity index (χ0n) is 10.2. The van der Waals surface area contributed by atoms with Crippen molar-refractivity contribution in [2.75, 3.05) is 33.5 Å². The smallest absolute Gasteiger partial charge is 0.229 e. The number of hydrogen-bond acceptors (Lipinski definition) is 3. The van der Waals surface area contributed by atoms with Gasteiger partial charge < -0.3 is 14.8 Å². The number of carbonyl (C=O) groups is 1. The molecule has 1 fully saturated rings. The molecular formula is C11H19Cl2NO3. The number of rotatable bonds is 8. The molecule has 0 aliphatic heterocycles. The number of halogens is 2. The van der Waals surface area contributed by atoms with Crippen LogP contribution in [0.4, 0.5) is 0 Å². The van der Waals surface area contributed by atoms with Crippen LogP contribution in [0, 0.1) is 5.41 Å². The summed E-state index contributed by atoms with van der Waals surface area (Å²) in [5, 5.41) is 2.81. The van der Waals surface area contributed by atoms with E-state index in [9.17, 15) is 4.79 Å². The Balaban J connectivity index is 2.02. The van der Waals surface area contributed by atoms with Crippen LogP contribution in [0.5, 0.6) is 0 Å². The SMILES string of the molecule is COCCOCCCNC(=O)C1(C)CC1(Cl)Cl. The van der Waals surface area contributed by atoms with Crippen LogP contribution in [0.25, 0.3) is 0 Å². The van der Waals surface area contributed by atoms with Crippen LogP contribution in [0.1, 0.15) is 19.8 Å². The van der Waals surface area contributed by atoms with Gasteiger partial charge in [0, 0.05) is 20.3 Å². The van der Waals surface area contributed by atoms with E-state index in [2.05, 4.69) is 5.32 Å². The van der Waals surface area contributed by atoms with Crippen LogP contribution in [0.15, 0.2) is 0 Å². The molecule has 0 radical (unpaired) electrons. The summed E-state index contributed by atoms with van der Waals surface area (Å²) < 4.78 is 9.21. The number of amides is 1. The number of methoxy groups -OCH3 is 1. The Kier molecular flexibility index (Phi) is 5.51. The van der Waals surface area contributed by atoms with E-state index in [0.29, 0.717) is 32.8 Å². The van der Waals surface area contributed by atoms with Crippen molar-refractivity contribution >= 4 is 29.1 Å². The number of alkyl halides is 2.